The number of benzene rings is 3. The van der Waals surface area contributed by atoms with Crippen molar-refractivity contribution in [1.82, 2.24) is 5.48 Å². The van der Waals surface area contributed by atoms with E-state index in [-0.39, 0.29) is 5.56 Å². The second kappa shape index (κ2) is 8.45. The topological polar surface area (TPSA) is 78.4 Å². The number of halogens is 1. The van der Waals surface area contributed by atoms with E-state index in [4.69, 9.17) is 5.21 Å². The number of hydrogen-bond acceptors (Lipinski definition) is 3. The van der Waals surface area contributed by atoms with Crippen molar-refractivity contribution in [2.24, 2.45) is 0 Å². The third kappa shape index (κ3) is 4.24. The van der Waals surface area contributed by atoms with E-state index >= 15 is 0 Å². The van der Waals surface area contributed by atoms with Gasteiger partial charge in [0.25, 0.3) is 11.8 Å². The fourth-order valence-corrected chi connectivity index (χ4v) is 3.00. The van der Waals surface area contributed by atoms with Gasteiger partial charge in [0, 0.05) is 11.3 Å². The van der Waals surface area contributed by atoms with Crippen molar-refractivity contribution in [2.75, 3.05) is 5.32 Å². The Bertz CT molecular complexity index is 988. The Morgan fingerprint density at radius 1 is 0.929 bits per heavy atom. The first kappa shape index (κ1) is 19.3. The fourth-order valence-electron chi connectivity index (χ4n) is 3.00. The molecule has 2 amide bonds. The van der Waals surface area contributed by atoms with E-state index < -0.39 is 23.5 Å². The highest BCUT2D eigenvalue weighted by Crippen LogP contribution is 2.26. The molecule has 0 fully saturated rings. The van der Waals surface area contributed by atoms with Crippen LogP contribution >= 0.6 is 0 Å². The van der Waals surface area contributed by atoms with Crippen molar-refractivity contribution < 1.29 is 19.2 Å². The van der Waals surface area contributed by atoms with Gasteiger partial charge in [-0.15, -0.1) is 0 Å². The summed E-state index contributed by atoms with van der Waals surface area (Å²) < 4.78 is 13.4. The minimum absolute atomic E-state index is 0.255. The average molecular weight is 378 g/mol. The summed E-state index contributed by atoms with van der Waals surface area (Å²) in [6, 6.07) is 19.8. The number of amides is 2. The lowest BCUT2D eigenvalue weighted by molar-refractivity contribution is -0.129. The molecule has 1 atom stereocenters. The maximum Gasteiger partial charge on any atom is 0.256 e. The highest BCUT2D eigenvalue weighted by molar-refractivity contribution is 6.05. The number of hydroxylamine groups is 1. The number of anilines is 1. The summed E-state index contributed by atoms with van der Waals surface area (Å²) >= 11 is 0. The summed E-state index contributed by atoms with van der Waals surface area (Å²) in [4.78, 5) is 24.6. The Labute approximate surface area is 161 Å². The van der Waals surface area contributed by atoms with Crippen LogP contribution in [0.25, 0.3) is 0 Å². The number of carbonyl (C=O) groups is 2. The Balaban J connectivity index is 1.83. The normalized spacial score (nSPS) is 11.5. The van der Waals surface area contributed by atoms with E-state index in [1.807, 2.05) is 18.2 Å². The van der Waals surface area contributed by atoms with E-state index in [1.165, 1.54) is 12.1 Å². The molecule has 0 saturated carbocycles. The number of nitrogens with one attached hydrogen (secondary N) is 2. The molecule has 0 radical (unpaired) electrons. The molecular formula is C22H19FN2O3. The molecule has 142 valence electrons. The second-order valence-corrected chi connectivity index (χ2v) is 6.36. The zero-order valence-electron chi connectivity index (χ0n) is 15.1. The molecule has 3 N–H and O–H groups in total. The quantitative estimate of drug-likeness (QED) is 0.463. The Morgan fingerprint density at radius 2 is 1.57 bits per heavy atom. The van der Waals surface area contributed by atoms with Crippen molar-refractivity contribution in [3.63, 3.8) is 0 Å². The molecule has 0 aliphatic heterocycles. The lowest BCUT2D eigenvalue weighted by Crippen LogP contribution is -2.27. The number of carbonyl (C=O) groups excluding carboxylic acids is 2. The maximum absolute atomic E-state index is 13.4. The van der Waals surface area contributed by atoms with Crippen LogP contribution in [0.5, 0.6) is 0 Å². The minimum atomic E-state index is -0.693. The average Bonchev–Trinajstić information content (AvgIpc) is 2.72. The van der Waals surface area contributed by atoms with Crippen molar-refractivity contribution in [1.29, 1.82) is 0 Å². The summed E-state index contributed by atoms with van der Waals surface area (Å²) in [5.74, 6) is -2.15. The minimum Gasteiger partial charge on any atom is -0.322 e. The van der Waals surface area contributed by atoms with Crippen LogP contribution in [-0.4, -0.2) is 17.0 Å². The number of hydrogen-bond donors (Lipinski definition) is 3. The monoisotopic (exact) mass is 378 g/mol. The van der Waals surface area contributed by atoms with Gasteiger partial charge in [0.05, 0.1) is 5.92 Å². The molecule has 0 heterocycles. The molecule has 3 rings (SSSR count). The molecule has 1 unspecified atom stereocenters. The van der Waals surface area contributed by atoms with Crippen molar-refractivity contribution in [2.45, 2.75) is 12.8 Å². The molecule has 3 aromatic rings. The summed E-state index contributed by atoms with van der Waals surface area (Å²) in [5.41, 5.74) is 4.50. The first-order valence-corrected chi connectivity index (χ1v) is 8.66. The Morgan fingerprint density at radius 3 is 2.21 bits per heavy atom. The Kier molecular flexibility index (Phi) is 5.81. The van der Waals surface area contributed by atoms with Gasteiger partial charge < -0.3 is 5.32 Å². The number of aryl methyl sites for hydroxylation is 1. The predicted octanol–water partition coefficient (Wildman–Crippen LogP) is 4.02. The first-order valence-electron chi connectivity index (χ1n) is 8.66. The van der Waals surface area contributed by atoms with Gasteiger partial charge in [-0.3, -0.25) is 14.8 Å². The largest absolute Gasteiger partial charge is 0.322 e. The van der Waals surface area contributed by atoms with Gasteiger partial charge in [-0.2, -0.15) is 0 Å². The van der Waals surface area contributed by atoms with E-state index in [9.17, 15) is 14.0 Å². The van der Waals surface area contributed by atoms with E-state index in [1.54, 1.807) is 54.9 Å². The smallest absolute Gasteiger partial charge is 0.256 e. The fraction of sp³-hybridized carbons (Fsp3) is 0.0909. The molecule has 6 heteroatoms. The van der Waals surface area contributed by atoms with Gasteiger partial charge in [-0.25, -0.2) is 9.87 Å². The van der Waals surface area contributed by atoms with Crippen LogP contribution < -0.4 is 10.8 Å². The summed E-state index contributed by atoms with van der Waals surface area (Å²) in [6.45, 7) is 1.73. The van der Waals surface area contributed by atoms with Crippen LogP contribution in [0.4, 0.5) is 10.1 Å². The van der Waals surface area contributed by atoms with Crippen LogP contribution in [0.1, 0.15) is 33.0 Å². The Hall–Kier alpha value is -3.51. The molecule has 0 aliphatic carbocycles. The first-order chi connectivity index (χ1) is 13.5. The SMILES string of the molecule is Cc1ccc(F)cc1C(=O)Nc1ccc(C(C(=O)NO)c2ccccc2)cc1. The highest BCUT2D eigenvalue weighted by Gasteiger charge is 2.22. The van der Waals surface area contributed by atoms with Gasteiger partial charge in [0.15, 0.2) is 0 Å². The van der Waals surface area contributed by atoms with Crippen LogP contribution in [0.2, 0.25) is 0 Å². The van der Waals surface area contributed by atoms with Crippen LogP contribution in [0.3, 0.4) is 0 Å². The summed E-state index contributed by atoms with van der Waals surface area (Å²) in [6.07, 6.45) is 0. The predicted molar refractivity (Wildman–Crippen MR) is 104 cm³/mol. The summed E-state index contributed by atoms with van der Waals surface area (Å²) in [5, 5.41) is 11.8. The molecule has 5 nitrogen and oxygen atoms in total. The maximum atomic E-state index is 13.4. The standard InChI is InChI=1S/C22H19FN2O3/c1-14-7-10-17(23)13-19(14)21(26)24-18-11-8-16(9-12-18)20(22(27)25-28)15-5-3-2-4-6-15/h2-13,20,28H,1H3,(H,24,26)(H,25,27). The van der Waals surface area contributed by atoms with Gasteiger partial charge in [-0.05, 0) is 47.9 Å². The van der Waals surface area contributed by atoms with E-state index in [2.05, 4.69) is 5.32 Å². The molecule has 3 aromatic carbocycles. The molecule has 0 spiro atoms. The second-order valence-electron chi connectivity index (χ2n) is 6.36. The molecule has 0 saturated heterocycles. The van der Waals surface area contributed by atoms with Crippen molar-refractivity contribution in [3.8, 4) is 0 Å². The lowest BCUT2D eigenvalue weighted by Gasteiger charge is -2.16. The molecule has 0 bridgehead atoms. The number of rotatable bonds is 5. The zero-order chi connectivity index (χ0) is 20.1. The zero-order valence-corrected chi connectivity index (χ0v) is 15.1. The van der Waals surface area contributed by atoms with Gasteiger partial charge in [-0.1, -0.05) is 48.5 Å². The molecule has 0 aromatic heterocycles. The van der Waals surface area contributed by atoms with E-state index in [0.29, 0.717) is 16.8 Å². The third-order valence-corrected chi connectivity index (χ3v) is 4.45. The van der Waals surface area contributed by atoms with Crippen LogP contribution in [-0.2, 0) is 4.79 Å². The van der Waals surface area contributed by atoms with E-state index in [0.717, 1.165) is 5.56 Å². The molecule has 0 aliphatic rings. The van der Waals surface area contributed by atoms with Gasteiger partial charge >= 0.3 is 0 Å². The van der Waals surface area contributed by atoms with Crippen LogP contribution in [0, 0.1) is 12.7 Å². The lowest BCUT2D eigenvalue weighted by atomic mass is 9.90. The van der Waals surface area contributed by atoms with Gasteiger partial charge in [0.2, 0.25) is 0 Å². The van der Waals surface area contributed by atoms with Crippen molar-refractivity contribution in [3.05, 3.63) is 101 Å². The molecule has 28 heavy (non-hydrogen) atoms. The third-order valence-electron chi connectivity index (χ3n) is 4.45. The van der Waals surface area contributed by atoms with Crippen LogP contribution in [0.15, 0.2) is 72.8 Å². The molecular weight excluding hydrogens is 359 g/mol. The highest BCUT2D eigenvalue weighted by atomic mass is 19.1. The van der Waals surface area contributed by atoms with Gasteiger partial charge in [0.1, 0.15) is 5.82 Å². The summed E-state index contributed by atoms with van der Waals surface area (Å²) in [7, 11) is 0. The van der Waals surface area contributed by atoms with Crippen molar-refractivity contribution >= 4 is 17.5 Å².